The summed E-state index contributed by atoms with van der Waals surface area (Å²) in [5.41, 5.74) is 4.38. The second kappa shape index (κ2) is 11.6. The summed E-state index contributed by atoms with van der Waals surface area (Å²) < 4.78 is 0. The Balaban J connectivity index is 0.00000208. The van der Waals surface area contributed by atoms with E-state index in [0.717, 1.165) is 21.1 Å². The average molecular weight is 404 g/mol. The van der Waals surface area contributed by atoms with E-state index in [4.69, 9.17) is 0 Å². The van der Waals surface area contributed by atoms with E-state index < -0.39 is 0 Å². The summed E-state index contributed by atoms with van der Waals surface area (Å²) in [6.07, 6.45) is 3.83. The maximum absolute atomic E-state index is 4.56. The van der Waals surface area contributed by atoms with Crippen molar-refractivity contribution < 1.29 is 17.1 Å². The summed E-state index contributed by atoms with van der Waals surface area (Å²) in [6.45, 7) is 4.14. The van der Waals surface area contributed by atoms with E-state index in [1.165, 1.54) is 11.1 Å². The molecule has 0 aliphatic heterocycles. The van der Waals surface area contributed by atoms with E-state index in [9.17, 15) is 0 Å². The Morgan fingerprint density at radius 3 is 1.42 bits per heavy atom. The summed E-state index contributed by atoms with van der Waals surface area (Å²) in [6, 6.07) is 20.4. The molecule has 1 heterocycles. The summed E-state index contributed by atoms with van der Waals surface area (Å²) >= 11 is 1.68. The van der Waals surface area contributed by atoms with Gasteiger partial charge < -0.3 is 14.9 Å². The maximum atomic E-state index is 4.56. The van der Waals surface area contributed by atoms with E-state index in [1.54, 1.807) is 11.3 Å². The molecule has 3 rings (SSSR count). The topological polar surface area (TPSA) is 24.7 Å². The molecule has 2 nitrogen and oxygen atoms in total. The van der Waals surface area contributed by atoms with E-state index in [1.807, 2.05) is 48.8 Å². The quantitative estimate of drug-likeness (QED) is 0.261. The van der Waals surface area contributed by atoms with Crippen LogP contribution in [-0.2, 0) is 17.1 Å². The summed E-state index contributed by atoms with van der Waals surface area (Å²) in [5, 5.41) is 0. The predicted octanol–water partition coefficient (Wildman–Crippen LogP) is 6.76. The van der Waals surface area contributed by atoms with Gasteiger partial charge in [-0.15, -0.1) is 11.3 Å². The second-order valence-electron chi connectivity index (χ2n) is 5.33. The molecule has 0 aliphatic carbocycles. The molecule has 2 aromatic carbocycles. The van der Waals surface area contributed by atoms with Gasteiger partial charge in [-0.3, -0.25) is 9.98 Å². The molecule has 4 heteroatoms. The van der Waals surface area contributed by atoms with Crippen molar-refractivity contribution in [3.8, 4) is 0 Å². The number of thiophene rings is 1. The van der Waals surface area contributed by atoms with Crippen molar-refractivity contribution in [2.45, 2.75) is 13.8 Å². The van der Waals surface area contributed by atoms with E-state index >= 15 is 0 Å². The van der Waals surface area contributed by atoms with Crippen molar-refractivity contribution in [2.24, 2.45) is 9.98 Å². The summed E-state index contributed by atoms with van der Waals surface area (Å²) in [4.78, 5) is 11.4. The van der Waals surface area contributed by atoms with Crippen LogP contribution < -0.4 is 0 Å². The third-order valence-corrected chi connectivity index (χ3v) is 4.49. The first-order valence-electron chi connectivity index (χ1n) is 7.51. The van der Waals surface area contributed by atoms with Crippen LogP contribution in [0.3, 0.4) is 0 Å². The first kappa shape index (κ1) is 24.0. The standard InChI is InChI=1S/C20H18N2S.2CH3.Fe/c1-15-7-3-5-9-19(15)21-13-17-11-12-18(23-17)14-22-20-10-6-4-8-16(20)2;;;/h3-14H,1-2H3;2*1H3;/q;2*-1;+2. The van der Waals surface area contributed by atoms with Crippen molar-refractivity contribution in [2.75, 3.05) is 0 Å². The number of hydrogen-bond acceptors (Lipinski definition) is 3. The molecule has 0 N–H and O–H groups in total. The Morgan fingerprint density at radius 2 is 1.04 bits per heavy atom. The fraction of sp³-hybridized carbons (Fsp3) is 0.0909. The van der Waals surface area contributed by atoms with Crippen LogP contribution in [0.25, 0.3) is 0 Å². The molecule has 0 aliphatic rings. The van der Waals surface area contributed by atoms with Gasteiger partial charge in [0.15, 0.2) is 0 Å². The molecule has 3 aromatic rings. The van der Waals surface area contributed by atoms with Crippen LogP contribution in [0.15, 0.2) is 70.6 Å². The van der Waals surface area contributed by atoms with Crippen LogP contribution in [0.2, 0.25) is 0 Å². The Kier molecular flexibility index (Phi) is 10.7. The zero-order chi connectivity index (χ0) is 16.1. The van der Waals surface area contributed by atoms with Crippen LogP contribution >= 0.6 is 11.3 Å². The normalized spacial score (nSPS) is 10.2. The molecule has 0 atom stereocenters. The third-order valence-electron chi connectivity index (χ3n) is 3.54. The molecule has 0 radical (unpaired) electrons. The average Bonchev–Trinajstić information content (AvgIpc) is 3.01. The monoisotopic (exact) mass is 404 g/mol. The predicted molar refractivity (Wildman–Crippen MR) is 114 cm³/mol. The van der Waals surface area contributed by atoms with Crippen molar-refractivity contribution in [1.82, 2.24) is 0 Å². The molecule has 0 fully saturated rings. The van der Waals surface area contributed by atoms with Gasteiger partial charge in [0, 0.05) is 22.2 Å². The third kappa shape index (κ3) is 6.38. The van der Waals surface area contributed by atoms with Gasteiger partial charge in [0.2, 0.25) is 0 Å². The molecule has 1 aromatic heterocycles. The first-order chi connectivity index (χ1) is 11.2. The number of nitrogens with zero attached hydrogens (tertiary/aromatic N) is 2. The van der Waals surface area contributed by atoms with Gasteiger partial charge in [-0.05, 0) is 49.2 Å². The van der Waals surface area contributed by atoms with Crippen LogP contribution in [0, 0.1) is 28.7 Å². The number of aryl methyl sites for hydroxylation is 2. The molecule has 0 saturated carbocycles. The molecule has 0 amide bonds. The fourth-order valence-corrected chi connectivity index (χ4v) is 2.95. The number of aliphatic imine (C=N–C) groups is 2. The van der Waals surface area contributed by atoms with Crippen molar-refractivity contribution in [3.63, 3.8) is 0 Å². The van der Waals surface area contributed by atoms with E-state index in [-0.39, 0.29) is 31.9 Å². The van der Waals surface area contributed by atoms with Crippen molar-refractivity contribution in [3.05, 3.63) is 96.4 Å². The zero-order valence-corrected chi connectivity index (χ0v) is 17.5. The fourth-order valence-electron chi connectivity index (χ4n) is 2.19. The molecule has 0 saturated heterocycles. The smallest absolute Gasteiger partial charge is 0.358 e. The minimum Gasteiger partial charge on any atom is -0.358 e. The van der Waals surface area contributed by atoms with Crippen molar-refractivity contribution >= 4 is 35.1 Å². The van der Waals surface area contributed by atoms with Gasteiger partial charge in [0.25, 0.3) is 0 Å². The molecule has 0 bridgehead atoms. The molecule has 136 valence electrons. The number of para-hydroxylation sites is 2. The second-order valence-corrected chi connectivity index (χ2v) is 6.48. The largest absolute Gasteiger partial charge is 2.00 e. The van der Waals surface area contributed by atoms with Gasteiger partial charge in [-0.1, -0.05) is 36.4 Å². The van der Waals surface area contributed by atoms with Crippen molar-refractivity contribution in [1.29, 1.82) is 0 Å². The minimum absolute atomic E-state index is 0. The van der Waals surface area contributed by atoms with Gasteiger partial charge in [-0.25, -0.2) is 0 Å². The van der Waals surface area contributed by atoms with Crippen LogP contribution in [-0.4, -0.2) is 12.4 Å². The van der Waals surface area contributed by atoms with Gasteiger partial charge >= 0.3 is 17.1 Å². The molecule has 0 spiro atoms. The maximum Gasteiger partial charge on any atom is 2.00 e. The van der Waals surface area contributed by atoms with Crippen LogP contribution in [0.5, 0.6) is 0 Å². The SMILES string of the molecule is Cc1ccccc1N=Cc1ccc(C=Nc2ccccc2C)s1.[CH3-].[CH3-].[Fe+2]. The molecule has 26 heavy (non-hydrogen) atoms. The van der Waals surface area contributed by atoms with Crippen LogP contribution in [0.4, 0.5) is 11.4 Å². The Hall–Kier alpha value is -2.00. The first-order valence-corrected chi connectivity index (χ1v) is 8.33. The minimum atomic E-state index is 0. The zero-order valence-electron chi connectivity index (χ0n) is 15.6. The Labute approximate surface area is 172 Å². The van der Waals surface area contributed by atoms with Crippen LogP contribution in [0.1, 0.15) is 20.9 Å². The van der Waals surface area contributed by atoms with Gasteiger partial charge in [0.1, 0.15) is 0 Å². The van der Waals surface area contributed by atoms with Gasteiger partial charge in [-0.2, -0.15) is 0 Å². The van der Waals surface area contributed by atoms with E-state index in [2.05, 4.69) is 48.1 Å². The summed E-state index contributed by atoms with van der Waals surface area (Å²) in [7, 11) is 0. The Bertz CT molecular complexity index is 796. The molecular formula is C22H24FeN2S. The number of benzene rings is 2. The molecular weight excluding hydrogens is 380 g/mol. The number of hydrogen-bond donors (Lipinski definition) is 0. The number of rotatable bonds is 4. The molecule has 0 unspecified atom stereocenters. The summed E-state index contributed by atoms with van der Waals surface area (Å²) in [5.74, 6) is 0. The Morgan fingerprint density at radius 1 is 0.654 bits per heavy atom. The van der Waals surface area contributed by atoms with Gasteiger partial charge in [0.05, 0.1) is 11.4 Å². The van der Waals surface area contributed by atoms with E-state index in [0.29, 0.717) is 0 Å².